The molecular formula is C20H25N3O3. The Hall–Kier alpha value is -2.57. The maximum absolute atomic E-state index is 11.3. The molecule has 2 aromatic rings. The molecule has 6 heteroatoms. The first-order valence-corrected chi connectivity index (χ1v) is 8.79. The molecule has 6 nitrogen and oxygen atoms in total. The number of para-hydroxylation sites is 1. The lowest BCUT2D eigenvalue weighted by Crippen LogP contribution is -2.47. The average molecular weight is 355 g/mol. The van der Waals surface area contributed by atoms with Crippen molar-refractivity contribution in [3.05, 3.63) is 59.2 Å². The highest BCUT2D eigenvalue weighted by Crippen LogP contribution is 2.24. The zero-order valence-corrected chi connectivity index (χ0v) is 14.9. The van der Waals surface area contributed by atoms with E-state index in [1.807, 2.05) is 6.07 Å². The summed E-state index contributed by atoms with van der Waals surface area (Å²) in [5.74, 6) is -0.872. The largest absolute Gasteiger partial charge is 0.507 e. The van der Waals surface area contributed by atoms with Gasteiger partial charge in [0.2, 0.25) is 0 Å². The van der Waals surface area contributed by atoms with Crippen molar-refractivity contribution in [2.75, 3.05) is 37.6 Å². The fourth-order valence-corrected chi connectivity index (χ4v) is 3.40. The second-order valence-corrected chi connectivity index (χ2v) is 6.73. The molecule has 1 heterocycles. The van der Waals surface area contributed by atoms with Crippen LogP contribution in [0.1, 0.15) is 27.6 Å². The normalized spacial score (nSPS) is 16.5. The standard InChI is InChI=1S/C20H25N3O3/c1-14-4-2-3-5-17(14)23-10-8-22(9-11-23)13-19(25)15-6-7-18(24)16(12-15)20(21)26/h2-7,12,19,24-25H,8-11,13H2,1H3,(H2,21,26). The summed E-state index contributed by atoms with van der Waals surface area (Å²) in [6.07, 6.45) is -0.737. The summed E-state index contributed by atoms with van der Waals surface area (Å²) in [5.41, 5.74) is 8.40. The van der Waals surface area contributed by atoms with Gasteiger partial charge in [0.1, 0.15) is 5.75 Å². The van der Waals surface area contributed by atoms with Gasteiger partial charge < -0.3 is 20.8 Å². The van der Waals surface area contributed by atoms with E-state index >= 15 is 0 Å². The fraction of sp³-hybridized carbons (Fsp3) is 0.350. The predicted molar refractivity (Wildman–Crippen MR) is 101 cm³/mol. The summed E-state index contributed by atoms with van der Waals surface area (Å²) >= 11 is 0. The summed E-state index contributed by atoms with van der Waals surface area (Å²) in [5, 5.41) is 20.2. The highest BCUT2D eigenvalue weighted by atomic mass is 16.3. The lowest BCUT2D eigenvalue weighted by molar-refractivity contribution is 0.0995. The molecule has 1 saturated heterocycles. The number of anilines is 1. The van der Waals surface area contributed by atoms with E-state index in [9.17, 15) is 15.0 Å². The van der Waals surface area contributed by atoms with E-state index in [0.717, 1.165) is 26.2 Å². The number of aryl methyl sites for hydroxylation is 1. The van der Waals surface area contributed by atoms with Crippen LogP contribution in [0.2, 0.25) is 0 Å². The van der Waals surface area contributed by atoms with E-state index in [-0.39, 0.29) is 11.3 Å². The number of aromatic hydroxyl groups is 1. The van der Waals surface area contributed by atoms with Crippen molar-refractivity contribution in [2.45, 2.75) is 13.0 Å². The maximum Gasteiger partial charge on any atom is 0.252 e. The molecule has 0 aliphatic carbocycles. The molecule has 1 fully saturated rings. The van der Waals surface area contributed by atoms with Crippen LogP contribution in [0.15, 0.2) is 42.5 Å². The Bertz CT molecular complexity index is 786. The van der Waals surface area contributed by atoms with Crippen LogP contribution in [-0.2, 0) is 0 Å². The van der Waals surface area contributed by atoms with Gasteiger partial charge in [0.05, 0.1) is 11.7 Å². The molecule has 1 atom stereocenters. The predicted octanol–water partition coefficient (Wildman–Crippen LogP) is 1.66. The number of hydrogen-bond donors (Lipinski definition) is 3. The Kier molecular flexibility index (Phi) is 5.44. The van der Waals surface area contributed by atoms with Crippen LogP contribution in [-0.4, -0.2) is 53.7 Å². The third-order valence-corrected chi connectivity index (χ3v) is 4.93. The summed E-state index contributed by atoms with van der Waals surface area (Å²) in [6.45, 7) is 6.11. The van der Waals surface area contributed by atoms with Crippen molar-refractivity contribution in [3.8, 4) is 5.75 Å². The quantitative estimate of drug-likeness (QED) is 0.759. The Balaban J connectivity index is 1.60. The minimum absolute atomic E-state index is 0.0333. The van der Waals surface area contributed by atoms with Gasteiger partial charge in [0.15, 0.2) is 0 Å². The van der Waals surface area contributed by atoms with E-state index in [1.165, 1.54) is 23.4 Å². The van der Waals surface area contributed by atoms with Gasteiger partial charge in [-0.25, -0.2) is 0 Å². The zero-order valence-electron chi connectivity index (χ0n) is 14.9. The Morgan fingerprint density at radius 1 is 1.15 bits per heavy atom. The number of benzene rings is 2. The monoisotopic (exact) mass is 355 g/mol. The van der Waals surface area contributed by atoms with E-state index in [2.05, 4.69) is 34.9 Å². The van der Waals surface area contributed by atoms with E-state index in [1.54, 1.807) is 6.07 Å². The van der Waals surface area contributed by atoms with Crippen molar-refractivity contribution < 1.29 is 15.0 Å². The lowest BCUT2D eigenvalue weighted by Gasteiger charge is -2.37. The van der Waals surface area contributed by atoms with Crippen LogP contribution in [0, 0.1) is 6.92 Å². The maximum atomic E-state index is 11.3. The molecule has 0 aromatic heterocycles. The number of aliphatic hydroxyl groups is 1. The lowest BCUT2D eigenvalue weighted by atomic mass is 10.0. The van der Waals surface area contributed by atoms with Crippen molar-refractivity contribution >= 4 is 11.6 Å². The van der Waals surface area contributed by atoms with Crippen LogP contribution in [0.4, 0.5) is 5.69 Å². The number of amides is 1. The average Bonchev–Trinajstić information content (AvgIpc) is 2.63. The van der Waals surface area contributed by atoms with E-state index < -0.39 is 12.0 Å². The van der Waals surface area contributed by atoms with Crippen LogP contribution in [0.25, 0.3) is 0 Å². The van der Waals surface area contributed by atoms with Crippen LogP contribution in [0.3, 0.4) is 0 Å². The number of aliphatic hydroxyl groups excluding tert-OH is 1. The minimum Gasteiger partial charge on any atom is -0.507 e. The van der Waals surface area contributed by atoms with Crippen LogP contribution < -0.4 is 10.6 Å². The number of phenols is 1. The molecule has 1 aliphatic heterocycles. The summed E-state index contributed by atoms with van der Waals surface area (Å²) in [6, 6.07) is 12.8. The van der Waals surface area contributed by atoms with Gasteiger partial charge in [-0.3, -0.25) is 9.69 Å². The van der Waals surface area contributed by atoms with Crippen molar-refractivity contribution in [3.63, 3.8) is 0 Å². The minimum atomic E-state index is -0.737. The molecule has 0 spiro atoms. The van der Waals surface area contributed by atoms with Gasteiger partial charge >= 0.3 is 0 Å². The molecule has 1 amide bonds. The molecule has 0 radical (unpaired) electrons. The van der Waals surface area contributed by atoms with E-state index in [0.29, 0.717) is 12.1 Å². The second kappa shape index (κ2) is 7.76. The number of rotatable bonds is 5. The Morgan fingerprint density at radius 2 is 1.85 bits per heavy atom. The van der Waals surface area contributed by atoms with Crippen molar-refractivity contribution in [2.24, 2.45) is 5.73 Å². The number of primary amides is 1. The molecule has 0 bridgehead atoms. The number of hydrogen-bond acceptors (Lipinski definition) is 5. The number of nitrogens with two attached hydrogens (primary N) is 1. The smallest absolute Gasteiger partial charge is 0.252 e. The molecule has 3 rings (SSSR count). The third-order valence-electron chi connectivity index (χ3n) is 4.93. The van der Waals surface area contributed by atoms with Gasteiger partial charge in [-0.05, 0) is 36.2 Å². The highest BCUT2D eigenvalue weighted by Gasteiger charge is 2.21. The SMILES string of the molecule is Cc1ccccc1N1CCN(CC(O)c2ccc(O)c(C(N)=O)c2)CC1. The van der Waals surface area contributed by atoms with Gasteiger partial charge in [-0.2, -0.15) is 0 Å². The summed E-state index contributed by atoms with van der Waals surface area (Å²) < 4.78 is 0. The Labute approximate surface area is 153 Å². The van der Waals surface area contributed by atoms with Gasteiger partial charge in [0.25, 0.3) is 5.91 Å². The number of piperazine rings is 1. The first-order chi connectivity index (χ1) is 12.5. The number of nitrogens with zero attached hydrogens (tertiary/aromatic N) is 2. The number of carbonyl (C=O) groups excluding carboxylic acids is 1. The van der Waals surface area contributed by atoms with Gasteiger partial charge in [-0.15, -0.1) is 0 Å². The fourth-order valence-electron chi connectivity index (χ4n) is 3.40. The van der Waals surface area contributed by atoms with Crippen LogP contribution >= 0.6 is 0 Å². The molecule has 2 aromatic carbocycles. The first-order valence-electron chi connectivity index (χ1n) is 8.79. The Morgan fingerprint density at radius 3 is 2.50 bits per heavy atom. The molecule has 138 valence electrons. The zero-order chi connectivity index (χ0) is 18.7. The summed E-state index contributed by atoms with van der Waals surface area (Å²) in [7, 11) is 0. The topological polar surface area (TPSA) is 90.0 Å². The van der Waals surface area contributed by atoms with Crippen LogP contribution in [0.5, 0.6) is 5.75 Å². The molecule has 4 N–H and O–H groups in total. The molecule has 1 aliphatic rings. The first kappa shape index (κ1) is 18.2. The summed E-state index contributed by atoms with van der Waals surface area (Å²) in [4.78, 5) is 15.9. The van der Waals surface area contributed by atoms with Crippen molar-refractivity contribution in [1.29, 1.82) is 0 Å². The van der Waals surface area contributed by atoms with E-state index in [4.69, 9.17) is 5.73 Å². The number of carbonyl (C=O) groups is 1. The van der Waals surface area contributed by atoms with Gasteiger partial charge in [-0.1, -0.05) is 24.3 Å². The molecule has 0 saturated carbocycles. The molecule has 26 heavy (non-hydrogen) atoms. The highest BCUT2D eigenvalue weighted by molar-refractivity contribution is 5.95. The van der Waals surface area contributed by atoms with Gasteiger partial charge in [0, 0.05) is 38.4 Å². The number of β-amino-alcohol motifs (C(OH)–C–C–N with tert-alkyl or cyclic N) is 1. The van der Waals surface area contributed by atoms with Crippen molar-refractivity contribution in [1.82, 2.24) is 4.90 Å². The second-order valence-electron chi connectivity index (χ2n) is 6.73. The molecule has 1 unspecified atom stereocenters. The molecular weight excluding hydrogens is 330 g/mol. The third kappa shape index (κ3) is 3.98.